The predicted octanol–water partition coefficient (Wildman–Crippen LogP) is 4.44. The topological polar surface area (TPSA) is 61.8 Å². The maximum absolute atomic E-state index is 12.9. The second kappa shape index (κ2) is 8.21. The van der Waals surface area contributed by atoms with Gasteiger partial charge in [-0.25, -0.2) is 4.79 Å². The highest BCUT2D eigenvalue weighted by Crippen LogP contribution is 2.60. The number of ketones is 1. The third kappa shape index (κ3) is 4.19. The maximum Gasteiger partial charge on any atom is 0.344 e. The Bertz CT molecular complexity index is 774. The number of allylic oxidation sites excluding steroid dienone is 1. The first kappa shape index (κ1) is 20.0. The number of Topliss-reactive ketones (excluding diaryl/α,β-unsaturated/α-hetero) is 1. The van der Waals surface area contributed by atoms with Crippen LogP contribution in [0.1, 0.15) is 51.0 Å². The number of carbonyl (C=O) groups is 2. The van der Waals surface area contributed by atoms with Crippen LogP contribution >= 0.6 is 0 Å². The molecule has 0 spiro atoms. The van der Waals surface area contributed by atoms with Crippen molar-refractivity contribution in [3.8, 4) is 11.5 Å². The minimum atomic E-state index is -0.525. The molecule has 0 aromatic heterocycles. The number of hydrogen-bond acceptors (Lipinski definition) is 5. The molecule has 156 valence electrons. The molecule has 5 heteroatoms. The van der Waals surface area contributed by atoms with Crippen molar-refractivity contribution in [2.75, 3.05) is 20.3 Å². The van der Waals surface area contributed by atoms with Crippen LogP contribution in [-0.2, 0) is 14.3 Å². The van der Waals surface area contributed by atoms with Crippen LogP contribution in [0.15, 0.2) is 24.3 Å². The van der Waals surface area contributed by atoms with E-state index in [0.717, 1.165) is 24.8 Å². The Kier molecular flexibility index (Phi) is 5.66. The zero-order valence-electron chi connectivity index (χ0n) is 17.3. The van der Waals surface area contributed by atoms with Crippen molar-refractivity contribution >= 4 is 17.8 Å². The second-order valence-corrected chi connectivity index (χ2v) is 8.98. The lowest BCUT2D eigenvalue weighted by Gasteiger charge is -2.55. The van der Waals surface area contributed by atoms with Crippen molar-refractivity contribution in [2.45, 2.75) is 45.4 Å². The summed E-state index contributed by atoms with van der Waals surface area (Å²) >= 11 is 0. The Morgan fingerprint density at radius 2 is 1.69 bits per heavy atom. The van der Waals surface area contributed by atoms with Gasteiger partial charge in [0.15, 0.2) is 30.5 Å². The number of benzene rings is 1. The molecular weight excluding hydrogens is 368 g/mol. The fourth-order valence-electron chi connectivity index (χ4n) is 6.03. The van der Waals surface area contributed by atoms with Crippen LogP contribution in [0, 0.1) is 23.2 Å². The minimum Gasteiger partial charge on any atom is -0.493 e. The monoisotopic (exact) mass is 398 g/mol. The van der Waals surface area contributed by atoms with Crippen molar-refractivity contribution in [2.24, 2.45) is 23.2 Å². The molecule has 0 heterocycles. The predicted molar refractivity (Wildman–Crippen MR) is 110 cm³/mol. The molecule has 0 unspecified atom stereocenters. The minimum absolute atomic E-state index is 0.109. The van der Waals surface area contributed by atoms with Gasteiger partial charge in [0, 0.05) is 5.41 Å². The lowest BCUT2D eigenvalue weighted by molar-refractivity contribution is -0.158. The summed E-state index contributed by atoms with van der Waals surface area (Å²) in [6.07, 6.45) is 10.7. The normalized spacial score (nSPS) is 29.8. The molecule has 29 heavy (non-hydrogen) atoms. The highest BCUT2D eigenvalue weighted by atomic mass is 16.6. The van der Waals surface area contributed by atoms with E-state index in [-0.39, 0.29) is 24.4 Å². The number of hydrogen-bond donors (Lipinski definition) is 0. The number of ether oxygens (including phenoxy) is 3. The van der Waals surface area contributed by atoms with Gasteiger partial charge in [-0.3, -0.25) is 4.79 Å². The summed E-state index contributed by atoms with van der Waals surface area (Å²) in [7, 11) is 1.56. The molecule has 0 amide bonds. The number of rotatable bonds is 8. The molecule has 0 saturated heterocycles. The van der Waals surface area contributed by atoms with Gasteiger partial charge < -0.3 is 14.2 Å². The summed E-state index contributed by atoms with van der Waals surface area (Å²) in [5.74, 6) is 2.70. The van der Waals surface area contributed by atoms with Crippen LogP contribution in [0.3, 0.4) is 0 Å². The Morgan fingerprint density at radius 3 is 2.28 bits per heavy atom. The van der Waals surface area contributed by atoms with E-state index in [1.807, 2.05) is 31.2 Å². The van der Waals surface area contributed by atoms with Crippen LogP contribution < -0.4 is 9.47 Å². The average Bonchev–Trinajstić information content (AvgIpc) is 2.70. The average molecular weight is 398 g/mol. The van der Waals surface area contributed by atoms with Crippen molar-refractivity contribution in [1.82, 2.24) is 0 Å². The van der Waals surface area contributed by atoms with E-state index >= 15 is 0 Å². The van der Waals surface area contributed by atoms with Gasteiger partial charge >= 0.3 is 5.97 Å². The van der Waals surface area contributed by atoms with E-state index in [4.69, 9.17) is 14.2 Å². The third-order valence-corrected chi connectivity index (χ3v) is 6.89. The molecule has 4 fully saturated rings. The van der Waals surface area contributed by atoms with E-state index in [1.165, 1.54) is 19.3 Å². The van der Waals surface area contributed by atoms with E-state index in [1.54, 1.807) is 13.2 Å². The highest BCUT2D eigenvalue weighted by Gasteiger charge is 2.54. The molecule has 4 saturated carbocycles. The molecule has 4 aliphatic carbocycles. The standard InChI is InChI=1S/C24H30O5/c1-3-4-16-5-6-20(21(10-16)27-2)28-15-23(26)29-14-22(25)24-11-17-7-18(12-24)9-19(8-17)13-24/h3-6,10,17-19H,7-9,11-15H2,1-2H3. The summed E-state index contributed by atoms with van der Waals surface area (Å²) in [6.45, 7) is 1.57. The van der Waals surface area contributed by atoms with Gasteiger partial charge in [0.2, 0.25) is 0 Å². The Morgan fingerprint density at radius 1 is 1.03 bits per heavy atom. The maximum atomic E-state index is 12.9. The van der Waals surface area contributed by atoms with E-state index in [0.29, 0.717) is 29.3 Å². The van der Waals surface area contributed by atoms with Gasteiger partial charge in [0.1, 0.15) is 0 Å². The Labute approximate surface area is 172 Å². The molecule has 5 nitrogen and oxygen atoms in total. The zero-order valence-corrected chi connectivity index (χ0v) is 17.3. The molecule has 1 aromatic carbocycles. The van der Waals surface area contributed by atoms with Crippen molar-refractivity contribution in [1.29, 1.82) is 0 Å². The van der Waals surface area contributed by atoms with Gasteiger partial charge in [0.05, 0.1) is 7.11 Å². The van der Waals surface area contributed by atoms with Crippen LogP contribution in [0.25, 0.3) is 6.08 Å². The summed E-state index contributed by atoms with van der Waals surface area (Å²) in [5.41, 5.74) is 0.752. The van der Waals surface area contributed by atoms with E-state index < -0.39 is 5.97 Å². The van der Waals surface area contributed by atoms with Gasteiger partial charge in [-0.15, -0.1) is 0 Å². The van der Waals surface area contributed by atoms with Crippen LogP contribution in [0.5, 0.6) is 11.5 Å². The van der Waals surface area contributed by atoms with Gasteiger partial charge in [0.25, 0.3) is 0 Å². The van der Waals surface area contributed by atoms with Crippen LogP contribution in [-0.4, -0.2) is 32.1 Å². The summed E-state index contributed by atoms with van der Waals surface area (Å²) in [5, 5.41) is 0. The highest BCUT2D eigenvalue weighted by molar-refractivity contribution is 5.88. The molecule has 1 aromatic rings. The Balaban J connectivity index is 1.29. The van der Waals surface area contributed by atoms with Crippen molar-refractivity contribution in [3.05, 3.63) is 29.8 Å². The summed E-state index contributed by atoms with van der Waals surface area (Å²) in [4.78, 5) is 25.1. The molecular formula is C24H30O5. The molecule has 0 N–H and O–H groups in total. The Hall–Kier alpha value is -2.30. The number of carbonyl (C=O) groups excluding carboxylic acids is 2. The molecule has 4 bridgehead atoms. The quantitative estimate of drug-likeness (QED) is 0.606. The zero-order chi connectivity index (χ0) is 20.4. The van der Waals surface area contributed by atoms with E-state index in [2.05, 4.69) is 0 Å². The first-order chi connectivity index (χ1) is 14.0. The fourth-order valence-corrected chi connectivity index (χ4v) is 6.03. The fraction of sp³-hybridized carbons (Fsp3) is 0.583. The van der Waals surface area contributed by atoms with Crippen LogP contribution in [0.4, 0.5) is 0 Å². The van der Waals surface area contributed by atoms with Crippen molar-refractivity contribution in [3.63, 3.8) is 0 Å². The largest absolute Gasteiger partial charge is 0.493 e. The van der Waals surface area contributed by atoms with E-state index in [9.17, 15) is 9.59 Å². The summed E-state index contributed by atoms with van der Waals surface area (Å²) in [6, 6.07) is 5.50. The molecule has 4 aliphatic rings. The first-order valence-electron chi connectivity index (χ1n) is 10.6. The first-order valence-corrected chi connectivity index (χ1v) is 10.6. The summed E-state index contributed by atoms with van der Waals surface area (Å²) < 4.78 is 16.2. The molecule has 0 radical (unpaired) electrons. The van der Waals surface area contributed by atoms with Crippen molar-refractivity contribution < 1.29 is 23.8 Å². The third-order valence-electron chi connectivity index (χ3n) is 6.89. The second-order valence-electron chi connectivity index (χ2n) is 8.98. The SMILES string of the molecule is CC=Cc1ccc(OCC(=O)OCC(=O)C23CC4CC(CC(C4)C2)C3)c(OC)c1. The number of esters is 1. The number of methoxy groups -OCH3 is 1. The lowest BCUT2D eigenvalue weighted by atomic mass is 9.48. The van der Waals surface area contributed by atoms with Gasteiger partial charge in [-0.05, 0) is 80.9 Å². The lowest BCUT2D eigenvalue weighted by Crippen LogP contribution is -2.51. The van der Waals surface area contributed by atoms with Gasteiger partial charge in [-0.1, -0.05) is 18.2 Å². The molecule has 0 atom stereocenters. The van der Waals surface area contributed by atoms with Crippen LogP contribution in [0.2, 0.25) is 0 Å². The molecule has 5 rings (SSSR count). The smallest absolute Gasteiger partial charge is 0.344 e. The van der Waals surface area contributed by atoms with Gasteiger partial charge in [-0.2, -0.15) is 0 Å². The molecule has 0 aliphatic heterocycles.